The highest BCUT2D eigenvalue weighted by molar-refractivity contribution is 5.96. The van der Waals surface area contributed by atoms with E-state index in [2.05, 4.69) is 44.8 Å². The number of dihydropyridines is 1. The Morgan fingerprint density at radius 2 is 2.00 bits per heavy atom. The van der Waals surface area contributed by atoms with E-state index in [1.54, 1.807) is 0 Å². The highest BCUT2D eigenvalue weighted by atomic mass is 14.8. The lowest BCUT2D eigenvalue weighted by atomic mass is 9.88. The average molecular weight is 194 g/mol. The van der Waals surface area contributed by atoms with Crippen molar-refractivity contribution in [1.82, 2.24) is 0 Å². The fourth-order valence-electron chi connectivity index (χ4n) is 1.67. The van der Waals surface area contributed by atoms with E-state index >= 15 is 0 Å². The van der Waals surface area contributed by atoms with Crippen LogP contribution in [-0.2, 0) is 0 Å². The fraction of sp³-hybridized carbons (Fsp3) is 0.750. The van der Waals surface area contributed by atoms with Crippen molar-refractivity contribution in [3.8, 4) is 0 Å². The van der Waals surface area contributed by atoms with Gasteiger partial charge in [-0.05, 0) is 17.9 Å². The first-order valence-electron chi connectivity index (χ1n) is 5.50. The van der Waals surface area contributed by atoms with E-state index in [9.17, 15) is 0 Å². The zero-order valence-electron chi connectivity index (χ0n) is 9.70. The number of nitrogens with zero attached hydrogens (tertiary/aromatic N) is 1. The highest BCUT2D eigenvalue weighted by Gasteiger charge is 2.20. The Hall–Kier alpha value is -0.630. The minimum atomic E-state index is 0.240. The molecule has 80 valence electrons. The van der Waals surface area contributed by atoms with Crippen LogP contribution in [-0.4, -0.2) is 18.3 Å². The van der Waals surface area contributed by atoms with Crippen molar-refractivity contribution < 1.29 is 0 Å². The summed E-state index contributed by atoms with van der Waals surface area (Å²) >= 11 is 0. The van der Waals surface area contributed by atoms with Crippen LogP contribution < -0.4 is 5.73 Å². The molecule has 1 rings (SSSR count). The summed E-state index contributed by atoms with van der Waals surface area (Å²) in [5.41, 5.74) is 7.30. The third kappa shape index (κ3) is 2.68. The molecule has 0 saturated carbocycles. The molecule has 1 aliphatic rings. The van der Waals surface area contributed by atoms with Crippen LogP contribution in [0.5, 0.6) is 0 Å². The van der Waals surface area contributed by atoms with Gasteiger partial charge in [0, 0.05) is 24.2 Å². The van der Waals surface area contributed by atoms with Crippen molar-refractivity contribution in [1.29, 1.82) is 0 Å². The molecule has 0 saturated heterocycles. The van der Waals surface area contributed by atoms with E-state index in [4.69, 9.17) is 5.73 Å². The molecule has 2 heteroatoms. The molecule has 0 aromatic heterocycles. The van der Waals surface area contributed by atoms with E-state index in [0.29, 0.717) is 17.8 Å². The maximum Gasteiger partial charge on any atom is 0.0470 e. The van der Waals surface area contributed by atoms with Crippen molar-refractivity contribution in [3.63, 3.8) is 0 Å². The van der Waals surface area contributed by atoms with Crippen LogP contribution in [0.15, 0.2) is 17.1 Å². The summed E-state index contributed by atoms with van der Waals surface area (Å²) in [7, 11) is 0. The molecule has 0 aliphatic carbocycles. The van der Waals surface area contributed by atoms with Gasteiger partial charge in [-0.1, -0.05) is 33.8 Å². The first-order chi connectivity index (χ1) is 6.52. The smallest absolute Gasteiger partial charge is 0.0470 e. The third-order valence-electron chi connectivity index (χ3n) is 2.85. The highest BCUT2D eigenvalue weighted by Crippen LogP contribution is 2.17. The van der Waals surface area contributed by atoms with Crippen LogP contribution >= 0.6 is 0 Å². The number of aliphatic imine (C=N–C) groups is 1. The molecule has 1 heterocycles. The summed E-state index contributed by atoms with van der Waals surface area (Å²) in [6.45, 7) is 9.54. The molecule has 0 fully saturated rings. The molecule has 0 amide bonds. The minimum Gasteiger partial charge on any atom is -0.327 e. The standard InChI is InChI=1S/C12H22N2/c1-8(2)11-6-5-10(7-14-11)12(13)9(3)4/h5-6,8-10,12H,7,13H2,1-4H3. The molecule has 0 radical (unpaired) electrons. The van der Waals surface area contributed by atoms with E-state index in [-0.39, 0.29) is 6.04 Å². The first-order valence-corrected chi connectivity index (χ1v) is 5.50. The van der Waals surface area contributed by atoms with Crippen LogP contribution in [0.3, 0.4) is 0 Å². The Morgan fingerprint density at radius 3 is 2.36 bits per heavy atom. The summed E-state index contributed by atoms with van der Waals surface area (Å²) < 4.78 is 0. The van der Waals surface area contributed by atoms with E-state index in [1.807, 2.05) is 0 Å². The average Bonchev–Trinajstić information content (AvgIpc) is 2.16. The van der Waals surface area contributed by atoms with Gasteiger partial charge in [0.25, 0.3) is 0 Å². The zero-order valence-corrected chi connectivity index (χ0v) is 9.70. The first kappa shape index (κ1) is 11.4. The van der Waals surface area contributed by atoms with Gasteiger partial charge in [0.2, 0.25) is 0 Å². The lowest BCUT2D eigenvalue weighted by Gasteiger charge is -2.25. The molecule has 2 atom stereocenters. The Morgan fingerprint density at radius 1 is 1.36 bits per heavy atom. The van der Waals surface area contributed by atoms with Gasteiger partial charge in [-0.15, -0.1) is 0 Å². The minimum absolute atomic E-state index is 0.240. The molecule has 0 aromatic carbocycles. The maximum atomic E-state index is 6.09. The Labute approximate surface area is 87.3 Å². The molecule has 14 heavy (non-hydrogen) atoms. The van der Waals surface area contributed by atoms with Gasteiger partial charge in [0.15, 0.2) is 0 Å². The van der Waals surface area contributed by atoms with E-state index in [0.717, 1.165) is 6.54 Å². The van der Waals surface area contributed by atoms with Crippen LogP contribution in [0, 0.1) is 17.8 Å². The second-order valence-electron chi connectivity index (χ2n) is 4.76. The molecular weight excluding hydrogens is 172 g/mol. The lowest BCUT2D eigenvalue weighted by molar-refractivity contribution is 0.398. The summed E-state index contributed by atoms with van der Waals surface area (Å²) in [6, 6.07) is 0.240. The molecule has 2 unspecified atom stereocenters. The molecule has 0 aromatic rings. The van der Waals surface area contributed by atoms with E-state index in [1.165, 1.54) is 5.71 Å². The molecule has 0 spiro atoms. The van der Waals surface area contributed by atoms with Gasteiger partial charge >= 0.3 is 0 Å². The van der Waals surface area contributed by atoms with Gasteiger partial charge < -0.3 is 5.73 Å². The predicted molar refractivity (Wildman–Crippen MR) is 62.6 cm³/mol. The van der Waals surface area contributed by atoms with Crippen molar-refractivity contribution in [2.45, 2.75) is 33.7 Å². The van der Waals surface area contributed by atoms with Crippen LogP contribution in [0.4, 0.5) is 0 Å². The number of hydrogen-bond donors (Lipinski definition) is 1. The monoisotopic (exact) mass is 194 g/mol. The number of nitrogens with two attached hydrogens (primary N) is 1. The topological polar surface area (TPSA) is 38.4 Å². The van der Waals surface area contributed by atoms with Crippen molar-refractivity contribution >= 4 is 5.71 Å². The van der Waals surface area contributed by atoms with Crippen LogP contribution in [0.25, 0.3) is 0 Å². The molecule has 2 N–H and O–H groups in total. The lowest BCUT2D eigenvalue weighted by Crippen LogP contribution is -2.37. The van der Waals surface area contributed by atoms with Gasteiger partial charge in [0.1, 0.15) is 0 Å². The van der Waals surface area contributed by atoms with Crippen LogP contribution in [0.1, 0.15) is 27.7 Å². The number of hydrogen-bond acceptors (Lipinski definition) is 2. The van der Waals surface area contributed by atoms with Crippen LogP contribution in [0.2, 0.25) is 0 Å². The van der Waals surface area contributed by atoms with Crippen molar-refractivity contribution in [2.24, 2.45) is 28.5 Å². The summed E-state index contributed by atoms with van der Waals surface area (Å²) in [4.78, 5) is 4.56. The van der Waals surface area contributed by atoms with Gasteiger partial charge in [0.05, 0.1) is 0 Å². The number of rotatable bonds is 3. The third-order valence-corrected chi connectivity index (χ3v) is 2.85. The summed E-state index contributed by atoms with van der Waals surface area (Å²) in [5.74, 6) is 1.49. The SMILES string of the molecule is CC(C)C1=NCC(C(N)C(C)C)C=C1. The Kier molecular flexibility index (Phi) is 3.87. The van der Waals surface area contributed by atoms with Gasteiger partial charge in [-0.25, -0.2) is 0 Å². The molecule has 0 bridgehead atoms. The fourth-order valence-corrected chi connectivity index (χ4v) is 1.67. The summed E-state index contributed by atoms with van der Waals surface area (Å²) in [5, 5.41) is 0. The Balaban J connectivity index is 2.56. The largest absolute Gasteiger partial charge is 0.327 e. The molecule has 1 aliphatic heterocycles. The second-order valence-corrected chi connectivity index (χ2v) is 4.76. The zero-order chi connectivity index (χ0) is 10.7. The molecule has 2 nitrogen and oxygen atoms in total. The normalized spacial score (nSPS) is 24.2. The predicted octanol–water partition coefficient (Wildman–Crippen LogP) is 2.25. The summed E-state index contributed by atoms with van der Waals surface area (Å²) in [6.07, 6.45) is 4.37. The second kappa shape index (κ2) is 4.74. The van der Waals surface area contributed by atoms with Gasteiger partial charge in [-0.3, -0.25) is 4.99 Å². The molecular formula is C12H22N2. The maximum absolute atomic E-state index is 6.09. The van der Waals surface area contributed by atoms with E-state index < -0.39 is 0 Å². The van der Waals surface area contributed by atoms with Crippen molar-refractivity contribution in [2.75, 3.05) is 6.54 Å². The van der Waals surface area contributed by atoms with Crippen molar-refractivity contribution in [3.05, 3.63) is 12.2 Å². The number of allylic oxidation sites excluding steroid dienone is 1. The quantitative estimate of drug-likeness (QED) is 0.735. The Bertz CT molecular complexity index is 239. The van der Waals surface area contributed by atoms with Gasteiger partial charge in [-0.2, -0.15) is 0 Å².